The van der Waals surface area contributed by atoms with Crippen LogP contribution in [0.5, 0.6) is 0 Å². The van der Waals surface area contributed by atoms with Crippen molar-refractivity contribution in [2.75, 3.05) is 11.9 Å². The lowest BCUT2D eigenvalue weighted by molar-refractivity contribution is 0.204. The molecule has 1 unspecified atom stereocenters. The third-order valence-corrected chi connectivity index (χ3v) is 2.97. The summed E-state index contributed by atoms with van der Waals surface area (Å²) in [4.78, 5) is 22.0. The van der Waals surface area contributed by atoms with Crippen LogP contribution in [0, 0.1) is 24.2 Å². The molecule has 1 atom stereocenters. The van der Waals surface area contributed by atoms with E-state index in [9.17, 15) is 4.79 Å². The Morgan fingerprint density at radius 3 is 2.74 bits per heavy atom. The minimum absolute atomic E-state index is 0.166. The highest BCUT2D eigenvalue weighted by molar-refractivity contribution is 5.89. The number of nitriles is 1. The van der Waals surface area contributed by atoms with Gasteiger partial charge in [0.1, 0.15) is 5.82 Å². The quantitative estimate of drug-likeness (QED) is 0.895. The van der Waals surface area contributed by atoms with Crippen LogP contribution in [0.25, 0.3) is 0 Å². The Morgan fingerprint density at radius 1 is 1.58 bits per heavy atom. The first-order valence-corrected chi connectivity index (χ1v) is 6.36. The molecule has 0 saturated heterocycles. The van der Waals surface area contributed by atoms with Gasteiger partial charge in [0, 0.05) is 12.6 Å². The van der Waals surface area contributed by atoms with Gasteiger partial charge in [-0.1, -0.05) is 0 Å². The van der Waals surface area contributed by atoms with Gasteiger partial charge in [-0.2, -0.15) is 5.26 Å². The van der Waals surface area contributed by atoms with Crippen LogP contribution in [0.2, 0.25) is 0 Å². The molecule has 19 heavy (non-hydrogen) atoms. The third kappa shape index (κ3) is 3.65. The molecule has 0 bridgehead atoms. The zero-order valence-electron chi connectivity index (χ0n) is 11.1. The molecular weight excluding hydrogens is 242 g/mol. The molecule has 1 aliphatic carbocycles. The summed E-state index contributed by atoms with van der Waals surface area (Å²) in [5.74, 6) is 0.496. The number of amides is 2. The monoisotopic (exact) mass is 259 g/mol. The molecule has 100 valence electrons. The fourth-order valence-electron chi connectivity index (χ4n) is 1.77. The number of aromatic nitrogens is 2. The normalized spacial score (nSPS) is 15.4. The Bertz CT molecular complexity index is 489. The molecular formula is C13H17N5O. The van der Waals surface area contributed by atoms with E-state index in [1.807, 2.05) is 6.92 Å². The molecule has 0 aliphatic heterocycles. The number of rotatable bonds is 4. The molecule has 6 heteroatoms. The van der Waals surface area contributed by atoms with Crippen LogP contribution in [0.15, 0.2) is 12.4 Å². The molecule has 6 nitrogen and oxygen atoms in total. The van der Waals surface area contributed by atoms with Crippen LogP contribution in [0.4, 0.5) is 10.5 Å². The van der Waals surface area contributed by atoms with E-state index in [1.54, 1.807) is 24.2 Å². The van der Waals surface area contributed by atoms with Gasteiger partial charge in [0.05, 0.1) is 30.1 Å². The molecule has 1 aromatic heterocycles. The van der Waals surface area contributed by atoms with E-state index in [4.69, 9.17) is 5.26 Å². The van der Waals surface area contributed by atoms with Gasteiger partial charge in [-0.15, -0.1) is 0 Å². The molecule has 1 aromatic rings. The highest BCUT2D eigenvalue weighted by atomic mass is 16.2. The predicted molar refractivity (Wildman–Crippen MR) is 70.3 cm³/mol. The number of anilines is 1. The zero-order chi connectivity index (χ0) is 13.8. The van der Waals surface area contributed by atoms with Crippen LogP contribution in [-0.2, 0) is 0 Å². The van der Waals surface area contributed by atoms with Crippen molar-refractivity contribution < 1.29 is 4.79 Å². The van der Waals surface area contributed by atoms with Crippen molar-refractivity contribution in [3.63, 3.8) is 0 Å². The van der Waals surface area contributed by atoms with E-state index in [0.717, 1.165) is 12.8 Å². The van der Waals surface area contributed by atoms with Crippen LogP contribution in [0.3, 0.4) is 0 Å². The maximum Gasteiger partial charge on any atom is 0.322 e. The summed E-state index contributed by atoms with van der Waals surface area (Å²) in [5, 5.41) is 11.6. The van der Waals surface area contributed by atoms with Gasteiger partial charge in [-0.05, 0) is 26.7 Å². The molecule has 1 saturated carbocycles. The van der Waals surface area contributed by atoms with Crippen LogP contribution < -0.4 is 5.32 Å². The van der Waals surface area contributed by atoms with Crippen molar-refractivity contribution in [1.29, 1.82) is 5.26 Å². The number of carbonyl (C=O) groups excluding carboxylic acids is 1. The second kappa shape index (κ2) is 5.65. The highest BCUT2D eigenvalue weighted by Gasteiger charge is 2.33. The molecule has 2 amide bonds. The van der Waals surface area contributed by atoms with E-state index in [2.05, 4.69) is 21.4 Å². The Hall–Kier alpha value is -2.16. The first-order chi connectivity index (χ1) is 9.10. The van der Waals surface area contributed by atoms with Crippen molar-refractivity contribution >= 4 is 11.7 Å². The molecule has 1 fully saturated rings. The van der Waals surface area contributed by atoms with E-state index in [1.165, 1.54) is 0 Å². The van der Waals surface area contributed by atoms with Gasteiger partial charge >= 0.3 is 6.03 Å². The number of carbonyl (C=O) groups is 1. The first-order valence-electron chi connectivity index (χ1n) is 6.36. The van der Waals surface area contributed by atoms with E-state index < -0.39 is 0 Å². The molecule has 1 heterocycles. The van der Waals surface area contributed by atoms with Gasteiger partial charge in [0.25, 0.3) is 0 Å². The number of urea groups is 1. The van der Waals surface area contributed by atoms with Crippen LogP contribution in [0.1, 0.15) is 25.6 Å². The van der Waals surface area contributed by atoms with E-state index in [0.29, 0.717) is 18.1 Å². The predicted octanol–water partition coefficient (Wildman–Crippen LogP) is 1.94. The van der Waals surface area contributed by atoms with Gasteiger partial charge in [0.15, 0.2) is 0 Å². The number of hydrogen-bond donors (Lipinski definition) is 1. The topological polar surface area (TPSA) is 81.9 Å². The summed E-state index contributed by atoms with van der Waals surface area (Å²) in [7, 11) is 0. The SMILES string of the molecule is Cc1ncc(NC(=O)N(CC(C)C#N)C2CC2)cn1. The van der Waals surface area contributed by atoms with Crippen molar-refractivity contribution in [1.82, 2.24) is 14.9 Å². The molecule has 0 radical (unpaired) electrons. The lowest BCUT2D eigenvalue weighted by atomic mass is 10.2. The Kier molecular flexibility index (Phi) is 3.95. The largest absolute Gasteiger partial charge is 0.322 e. The molecule has 1 N–H and O–H groups in total. The fraction of sp³-hybridized carbons (Fsp3) is 0.538. The Morgan fingerprint density at radius 2 is 2.21 bits per heavy atom. The van der Waals surface area contributed by atoms with Gasteiger partial charge in [-0.3, -0.25) is 0 Å². The molecule has 0 aromatic carbocycles. The second-order valence-electron chi connectivity index (χ2n) is 4.86. The summed E-state index contributed by atoms with van der Waals surface area (Å²) in [6, 6.07) is 2.24. The number of aryl methyl sites for hydroxylation is 1. The molecule has 2 rings (SSSR count). The van der Waals surface area contributed by atoms with Crippen molar-refractivity contribution in [2.45, 2.75) is 32.7 Å². The first kappa shape index (κ1) is 13.3. The van der Waals surface area contributed by atoms with Gasteiger partial charge in [0.2, 0.25) is 0 Å². The molecule has 0 spiro atoms. The summed E-state index contributed by atoms with van der Waals surface area (Å²) in [6.07, 6.45) is 5.18. The smallest absolute Gasteiger partial charge is 0.320 e. The second-order valence-corrected chi connectivity index (χ2v) is 4.86. The molecule has 1 aliphatic rings. The highest BCUT2D eigenvalue weighted by Crippen LogP contribution is 2.28. The number of hydrogen-bond acceptors (Lipinski definition) is 4. The standard InChI is InChI=1S/C13H17N5O/c1-9(5-14)8-18(12-3-4-12)13(19)17-11-6-15-10(2)16-7-11/h6-7,9,12H,3-4,8H2,1-2H3,(H,17,19). The van der Waals surface area contributed by atoms with Crippen molar-refractivity contribution in [3.8, 4) is 6.07 Å². The average molecular weight is 259 g/mol. The number of nitrogens with zero attached hydrogens (tertiary/aromatic N) is 4. The van der Waals surface area contributed by atoms with Crippen LogP contribution in [-0.4, -0.2) is 33.5 Å². The van der Waals surface area contributed by atoms with Crippen molar-refractivity contribution in [2.24, 2.45) is 5.92 Å². The van der Waals surface area contributed by atoms with E-state index in [-0.39, 0.29) is 18.0 Å². The van der Waals surface area contributed by atoms with Crippen molar-refractivity contribution in [3.05, 3.63) is 18.2 Å². The minimum Gasteiger partial charge on any atom is -0.320 e. The van der Waals surface area contributed by atoms with Gasteiger partial charge < -0.3 is 10.2 Å². The number of nitrogens with one attached hydrogen (secondary N) is 1. The Balaban J connectivity index is 1.99. The summed E-state index contributed by atoms with van der Waals surface area (Å²) < 4.78 is 0. The van der Waals surface area contributed by atoms with Gasteiger partial charge in [-0.25, -0.2) is 14.8 Å². The minimum atomic E-state index is -0.183. The summed E-state index contributed by atoms with van der Waals surface area (Å²) >= 11 is 0. The maximum atomic E-state index is 12.2. The zero-order valence-corrected chi connectivity index (χ0v) is 11.1. The lowest BCUT2D eigenvalue weighted by Gasteiger charge is -2.23. The maximum absolute atomic E-state index is 12.2. The summed E-state index contributed by atoms with van der Waals surface area (Å²) in [5.41, 5.74) is 0.575. The average Bonchev–Trinajstić information content (AvgIpc) is 3.22. The summed E-state index contributed by atoms with van der Waals surface area (Å²) in [6.45, 7) is 4.06. The fourth-order valence-corrected chi connectivity index (χ4v) is 1.77. The lowest BCUT2D eigenvalue weighted by Crippen LogP contribution is -2.39. The van der Waals surface area contributed by atoms with Crippen LogP contribution >= 0.6 is 0 Å². The Labute approximate surface area is 112 Å². The third-order valence-electron chi connectivity index (χ3n) is 2.97. The van der Waals surface area contributed by atoms with E-state index >= 15 is 0 Å².